The highest BCUT2D eigenvalue weighted by atomic mass is 16.1. The largest absolute Gasteiger partial charge is 0.303 e. The molecule has 5 heavy (non-hydrogen) atoms. The molecule has 0 N–H and O–H groups in total. The van der Waals surface area contributed by atoms with E-state index >= 15 is 0 Å². The van der Waals surface area contributed by atoms with Crippen LogP contribution in [0.2, 0.25) is 6.32 Å². The standard InChI is InChI=1S/C3H7BO/c4-2-1-3-5/h3H,1-2,4H2. The van der Waals surface area contributed by atoms with E-state index in [1.165, 1.54) is 0 Å². The van der Waals surface area contributed by atoms with Gasteiger partial charge in [-0.25, -0.2) is 0 Å². The third-order valence-electron chi connectivity index (χ3n) is 0.407. The van der Waals surface area contributed by atoms with Crippen LogP contribution in [0.25, 0.3) is 0 Å². The lowest BCUT2D eigenvalue weighted by Gasteiger charge is -1.67. The summed E-state index contributed by atoms with van der Waals surface area (Å²) in [6.45, 7) is 0. The molecule has 2 heteroatoms. The van der Waals surface area contributed by atoms with Gasteiger partial charge in [-0.05, 0) is 6.42 Å². The molecule has 0 aromatic rings. The van der Waals surface area contributed by atoms with E-state index in [2.05, 4.69) is 0 Å². The maximum Gasteiger partial charge on any atom is 0.119 e. The lowest BCUT2D eigenvalue weighted by molar-refractivity contribution is -0.107. The number of carbonyl (C=O) groups is 1. The van der Waals surface area contributed by atoms with E-state index in [0.717, 1.165) is 12.6 Å². The molecule has 0 saturated heterocycles. The SMILES string of the molecule is BCCC=O. The number of hydrogen-bond acceptors (Lipinski definition) is 1. The van der Waals surface area contributed by atoms with Crippen LogP contribution in [0.15, 0.2) is 0 Å². The van der Waals surface area contributed by atoms with Gasteiger partial charge in [0, 0.05) is 0 Å². The Bertz CT molecular complexity index is 28.1. The molecule has 0 unspecified atom stereocenters. The second kappa shape index (κ2) is 3.73. The maximum atomic E-state index is 9.40. The van der Waals surface area contributed by atoms with Gasteiger partial charge in [-0.3, -0.25) is 0 Å². The highest BCUT2D eigenvalue weighted by Gasteiger charge is 1.67. The van der Waals surface area contributed by atoms with Gasteiger partial charge in [-0.15, -0.1) is 0 Å². The van der Waals surface area contributed by atoms with E-state index in [9.17, 15) is 4.79 Å². The summed E-state index contributed by atoms with van der Waals surface area (Å²) in [5.41, 5.74) is 0. The van der Waals surface area contributed by atoms with Gasteiger partial charge in [0.2, 0.25) is 0 Å². The molecule has 0 aromatic carbocycles. The topological polar surface area (TPSA) is 17.1 Å². The van der Waals surface area contributed by atoms with Gasteiger partial charge in [0.05, 0.1) is 0 Å². The second-order valence-electron chi connectivity index (χ2n) is 0.955. The van der Waals surface area contributed by atoms with Crippen molar-refractivity contribution in [3.8, 4) is 0 Å². The first-order valence-corrected chi connectivity index (χ1v) is 1.85. The molecule has 0 atom stereocenters. The molecular weight excluding hydrogens is 62.8 g/mol. The van der Waals surface area contributed by atoms with Crippen molar-refractivity contribution in [2.24, 2.45) is 0 Å². The van der Waals surface area contributed by atoms with E-state index in [0.29, 0.717) is 6.42 Å². The zero-order valence-corrected chi connectivity index (χ0v) is 3.40. The van der Waals surface area contributed by atoms with Gasteiger partial charge >= 0.3 is 0 Å². The van der Waals surface area contributed by atoms with Crippen molar-refractivity contribution in [3.63, 3.8) is 0 Å². The van der Waals surface area contributed by atoms with Gasteiger partial charge in [-0.1, -0.05) is 6.32 Å². The first-order valence-electron chi connectivity index (χ1n) is 1.85. The monoisotopic (exact) mass is 70.1 g/mol. The van der Waals surface area contributed by atoms with Gasteiger partial charge in [0.15, 0.2) is 0 Å². The molecule has 28 valence electrons. The van der Waals surface area contributed by atoms with E-state index in [1.807, 2.05) is 7.85 Å². The zero-order valence-electron chi connectivity index (χ0n) is 3.40. The Labute approximate surface area is 32.8 Å². The highest BCUT2D eigenvalue weighted by molar-refractivity contribution is 6.09. The number of carbonyl (C=O) groups excluding carboxylic acids is 1. The Balaban J connectivity index is 2.40. The number of rotatable bonds is 2. The Morgan fingerprint density at radius 2 is 2.40 bits per heavy atom. The molecule has 0 amide bonds. The third kappa shape index (κ3) is 3.73. The summed E-state index contributed by atoms with van der Waals surface area (Å²) in [6.07, 6.45) is 2.61. The Hall–Kier alpha value is -0.265. The van der Waals surface area contributed by atoms with E-state index in [4.69, 9.17) is 0 Å². The minimum absolute atomic E-state index is 0.708. The molecule has 0 bridgehead atoms. The van der Waals surface area contributed by atoms with Crippen molar-refractivity contribution in [3.05, 3.63) is 0 Å². The van der Waals surface area contributed by atoms with Crippen LogP contribution in [-0.2, 0) is 4.79 Å². The van der Waals surface area contributed by atoms with E-state index in [-0.39, 0.29) is 0 Å². The molecule has 0 aliphatic carbocycles. The molecule has 0 rings (SSSR count). The van der Waals surface area contributed by atoms with Crippen LogP contribution < -0.4 is 0 Å². The van der Waals surface area contributed by atoms with Crippen molar-refractivity contribution in [2.75, 3.05) is 0 Å². The van der Waals surface area contributed by atoms with E-state index in [1.54, 1.807) is 0 Å². The number of aldehydes is 1. The fourth-order valence-electron chi connectivity index (χ4n) is 0.118. The molecule has 0 fully saturated rings. The molecule has 1 nitrogen and oxygen atoms in total. The predicted molar refractivity (Wildman–Crippen MR) is 24.0 cm³/mol. The second-order valence-corrected chi connectivity index (χ2v) is 0.955. The summed E-state index contributed by atoms with van der Waals surface area (Å²) in [5.74, 6) is 0. The van der Waals surface area contributed by atoms with E-state index < -0.39 is 0 Å². The van der Waals surface area contributed by atoms with Gasteiger partial charge in [-0.2, -0.15) is 0 Å². The highest BCUT2D eigenvalue weighted by Crippen LogP contribution is 1.71. The molecular formula is C3H7BO. The van der Waals surface area contributed by atoms with Gasteiger partial charge in [0.25, 0.3) is 0 Å². The van der Waals surface area contributed by atoms with Crippen LogP contribution in [0.4, 0.5) is 0 Å². The quantitative estimate of drug-likeness (QED) is 0.320. The molecule has 0 radical (unpaired) electrons. The summed E-state index contributed by atoms with van der Waals surface area (Å²) in [4.78, 5) is 9.40. The average molecular weight is 69.9 g/mol. The third-order valence-corrected chi connectivity index (χ3v) is 0.407. The van der Waals surface area contributed by atoms with Crippen LogP contribution in [-0.4, -0.2) is 14.1 Å². The molecule has 0 aliphatic rings. The Kier molecular flexibility index (Phi) is 3.54. The van der Waals surface area contributed by atoms with Crippen LogP contribution in [0.5, 0.6) is 0 Å². The van der Waals surface area contributed by atoms with Crippen molar-refractivity contribution < 1.29 is 4.79 Å². The van der Waals surface area contributed by atoms with Crippen molar-refractivity contribution in [2.45, 2.75) is 12.7 Å². The molecule has 0 heterocycles. The predicted octanol–water partition coefficient (Wildman–Crippen LogP) is -0.373. The van der Waals surface area contributed by atoms with Crippen LogP contribution in [0.3, 0.4) is 0 Å². The summed E-state index contributed by atoms with van der Waals surface area (Å²) < 4.78 is 0. The fourth-order valence-corrected chi connectivity index (χ4v) is 0.118. The summed E-state index contributed by atoms with van der Waals surface area (Å²) in [6, 6.07) is 0. The normalized spacial score (nSPS) is 7.20. The minimum Gasteiger partial charge on any atom is -0.303 e. The van der Waals surface area contributed by atoms with Crippen LogP contribution in [0, 0.1) is 0 Å². The van der Waals surface area contributed by atoms with Crippen LogP contribution >= 0.6 is 0 Å². The maximum absolute atomic E-state index is 9.40. The van der Waals surface area contributed by atoms with Crippen molar-refractivity contribution in [1.82, 2.24) is 0 Å². The smallest absolute Gasteiger partial charge is 0.119 e. The van der Waals surface area contributed by atoms with Gasteiger partial charge in [0.1, 0.15) is 14.1 Å². The zero-order chi connectivity index (χ0) is 4.12. The lowest BCUT2D eigenvalue weighted by atomic mass is 10.0. The molecule has 0 spiro atoms. The van der Waals surface area contributed by atoms with Crippen molar-refractivity contribution in [1.29, 1.82) is 0 Å². The molecule has 0 aliphatic heterocycles. The number of hydrogen-bond donors (Lipinski definition) is 0. The minimum atomic E-state index is 0.708. The van der Waals surface area contributed by atoms with Crippen LogP contribution in [0.1, 0.15) is 6.42 Å². The first-order chi connectivity index (χ1) is 2.41. The summed E-state index contributed by atoms with van der Waals surface area (Å²) in [5, 5.41) is 0. The Morgan fingerprint density at radius 1 is 1.80 bits per heavy atom. The average Bonchev–Trinajstić information content (AvgIpc) is 1.41. The lowest BCUT2D eigenvalue weighted by Crippen LogP contribution is -1.68. The summed E-state index contributed by atoms with van der Waals surface area (Å²) >= 11 is 0. The summed E-state index contributed by atoms with van der Waals surface area (Å²) in [7, 11) is 1.98. The van der Waals surface area contributed by atoms with Crippen molar-refractivity contribution >= 4 is 14.1 Å². The fraction of sp³-hybridized carbons (Fsp3) is 0.667. The molecule has 0 saturated carbocycles. The first kappa shape index (κ1) is 4.73. The van der Waals surface area contributed by atoms with Gasteiger partial charge < -0.3 is 4.79 Å². The molecule has 0 aromatic heterocycles. The Morgan fingerprint density at radius 3 is 2.40 bits per heavy atom.